The normalized spacial score (nSPS) is 11.0. The van der Waals surface area contributed by atoms with E-state index >= 15 is 0 Å². The number of alkyl carbamates (subject to hydrolysis) is 1. The molecule has 29 heavy (non-hydrogen) atoms. The minimum Gasteiger partial charge on any atom is -0.444 e. The number of carbonyl (C=O) groups excluding carboxylic acids is 1. The van der Waals surface area contributed by atoms with E-state index in [-0.39, 0.29) is 0 Å². The molecule has 0 saturated carbocycles. The van der Waals surface area contributed by atoms with Gasteiger partial charge in [0.2, 0.25) is 5.95 Å². The number of nitrogens with zero attached hydrogens (tertiary/aromatic N) is 3. The van der Waals surface area contributed by atoms with E-state index in [1.165, 1.54) is 6.33 Å². The van der Waals surface area contributed by atoms with E-state index in [2.05, 4.69) is 41.5 Å². The maximum Gasteiger partial charge on any atom is 0.407 e. The highest BCUT2D eigenvalue weighted by molar-refractivity contribution is 9.10. The van der Waals surface area contributed by atoms with Crippen molar-refractivity contribution in [3.8, 4) is 11.4 Å². The number of ether oxygens (including phenoxy) is 1. The third-order valence-corrected chi connectivity index (χ3v) is 4.23. The van der Waals surface area contributed by atoms with Crippen molar-refractivity contribution >= 4 is 33.7 Å². The molecule has 8 heteroatoms. The standard InChI is InChI=1S/C21H22BrN5O2/c1-21(2,3)29-20(28)23-12-15-7-4-5-10-17(15)26-19-25-13-24-18(27-19)14-8-6-9-16(22)11-14/h4-11,13H,12H2,1-3H3,(H,23,28)(H,24,25,26,27). The number of hydrogen-bond acceptors (Lipinski definition) is 6. The molecular weight excluding hydrogens is 434 g/mol. The summed E-state index contributed by atoms with van der Waals surface area (Å²) in [5.41, 5.74) is 2.00. The quantitative estimate of drug-likeness (QED) is 0.558. The van der Waals surface area contributed by atoms with Gasteiger partial charge in [0.05, 0.1) is 0 Å². The predicted octanol–water partition coefficient (Wildman–Crippen LogP) is 5.07. The molecule has 3 rings (SSSR count). The molecule has 150 valence electrons. The number of amides is 1. The third-order valence-electron chi connectivity index (χ3n) is 3.74. The van der Waals surface area contributed by atoms with Crippen molar-refractivity contribution < 1.29 is 9.53 Å². The summed E-state index contributed by atoms with van der Waals surface area (Å²) in [5.74, 6) is 0.979. The van der Waals surface area contributed by atoms with Crippen molar-refractivity contribution in [1.82, 2.24) is 20.3 Å². The van der Waals surface area contributed by atoms with Crippen LogP contribution in [0.15, 0.2) is 59.3 Å². The highest BCUT2D eigenvalue weighted by atomic mass is 79.9. The van der Waals surface area contributed by atoms with Crippen LogP contribution in [0.5, 0.6) is 0 Å². The summed E-state index contributed by atoms with van der Waals surface area (Å²) >= 11 is 3.46. The smallest absolute Gasteiger partial charge is 0.407 e. The Morgan fingerprint density at radius 3 is 2.66 bits per heavy atom. The second-order valence-corrected chi connectivity index (χ2v) is 8.20. The maximum atomic E-state index is 11.9. The van der Waals surface area contributed by atoms with Crippen molar-refractivity contribution in [1.29, 1.82) is 0 Å². The van der Waals surface area contributed by atoms with E-state index in [0.717, 1.165) is 21.3 Å². The molecule has 1 heterocycles. The Balaban J connectivity index is 1.74. The van der Waals surface area contributed by atoms with Crippen LogP contribution in [-0.2, 0) is 11.3 Å². The van der Waals surface area contributed by atoms with Crippen LogP contribution in [0, 0.1) is 0 Å². The molecule has 0 bridgehead atoms. The molecule has 0 atom stereocenters. The molecule has 0 unspecified atom stereocenters. The zero-order chi connectivity index (χ0) is 20.9. The summed E-state index contributed by atoms with van der Waals surface area (Å²) in [6.45, 7) is 5.78. The lowest BCUT2D eigenvalue weighted by Gasteiger charge is -2.20. The molecule has 3 aromatic rings. The fourth-order valence-corrected chi connectivity index (χ4v) is 2.92. The molecule has 0 spiro atoms. The van der Waals surface area contributed by atoms with Crippen LogP contribution in [0.25, 0.3) is 11.4 Å². The van der Waals surface area contributed by atoms with Gasteiger partial charge < -0.3 is 15.4 Å². The van der Waals surface area contributed by atoms with E-state index in [0.29, 0.717) is 18.3 Å². The van der Waals surface area contributed by atoms with Gasteiger partial charge in [-0.25, -0.2) is 14.8 Å². The average Bonchev–Trinajstić information content (AvgIpc) is 2.66. The lowest BCUT2D eigenvalue weighted by molar-refractivity contribution is 0.0523. The average molecular weight is 456 g/mol. The minimum atomic E-state index is -0.546. The zero-order valence-corrected chi connectivity index (χ0v) is 18.0. The highest BCUT2D eigenvalue weighted by Crippen LogP contribution is 2.22. The van der Waals surface area contributed by atoms with Crippen LogP contribution in [0.4, 0.5) is 16.4 Å². The number of benzene rings is 2. The molecule has 0 aliphatic carbocycles. The molecule has 0 fully saturated rings. The van der Waals surface area contributed by atoms with Gasteiger partial charge in [-0.2, -0.15) is 4.98 Å². The molecule has 0 radical (unpaired) electrons. The van der Waals surface area contributed by atoms with Gasteiger partial charge in [0.25, 0.3) is 0 Å². The summed E-state index contributed by atoms with van der Waals surface area (Å²) in [7, 11) is 0. The van der Waals surface area contributed by atoms with Gasteiger partial charge in [-0.15, -0.1) is 0 Å². The van der Waals surface area contributed by atoms with E-state index in [9.17, 15) is 4.79 Å². The van der Waals surface area contributed by atoms with Crippen molar-refractivity contribution in [3.63, 3.8) is 0 Å². The molecule has 7 nitrogen and oxygen atoms in total. The molecule has 1 aromatic heterocycles. The van der Waals surface area contributed by atoms with Crippen LogP contribution < -0.4 is 10.6 Å². The van der Waals surface area contributed by atoms with E-state index in [1.807, 2.05) is 69.3 Å². The second-order valence-electron chi connectivity index (χ2n) is 7.28. The summed E-state index contributed by atoms with van der Waals surface area (Å²) in [6, 6.07) is 15.4. The van der Waals surface area contributed by atoms with Crippen molar-refractivity contribution in [2.24, 2.45) is 0 Å². The Morgan fingerprint density at radius 1 is 1.10 bits per heavy atom. The van der Waals surface area contributed by atoms with Gasteiger partial charge in [-0.1, -0.05) is 46.3 Å². The van der Waals surface area contributed by atoms with Crippen LogP contribution in [0.1, 0.15) is 26.3 Å². The first-order valence-corrected chi connectivity index (χ1v) is 9.86. The molecule has 1 amide bonds. The summed E-state index contributed by atoms with van der Waals surface area (Å²) in [4.78, 5) is 24.9. The maximum absolute atomic E-state index is 11.9. The fourth-order valence-electron chi connectivity index (χ4n) is 2.52. The molecule has 2 aromatic carbocycles. The van der Waals surface area contributed by atoms with Crippen molar-refractivity contribution in [2.45, 2.75) is 32.9 Å². The Kier molecular flexibility index (Phi) is 6.43. The Bertz CT molecular complexity index is 1000. The largest absolute Gasteiger partial charge is 0.444 e. The number of anilines is 2. The Morgan fingerprint density at radius 2 is 1.90 bits per heavy atom. The zero-order valence-electron chi connectivity index (χ0n) is 16.4. The highest BCUT2D eigenvalue weighted by Gasteiger charge is 2.16. The van der Waals surface area contributed by atoms with Crippen LogP contribution in [-0.4, -0.2) is 26.6 Å². The lowest BCUT2D eigenvalue weighted by atomic mass is 10.2. The number of hydrogen-bond donors (Lipinski definition) is 2. The predicted molar refractivity (Wildman–Crippen MR) is 116 cm³/mol. The summed E-state index contributed by atoms with van der Waals surface area (Å²) < 4.78 is 6.23. The van der Waals surface area contributed by atoms with Crippen LogP contribution in [0.3, 0.4) is 0 Å². The van der Waals surface area contributed by atoms with Crippen molar-refractivity contribution in [2.75, 3.05) is 5.32 Å². The number of carbonyl (C=O) groups is 1. The minimum absolute atomic E-state index is 0.307. The number of rotatable bonds is 5. The van der Waals surface area contributed by atoms with E-state index < -0.39 is 11.7 Å². The molecule has 0 saturated heterocycles. The first kappa shape index (κ1) is 20.7. The topological polar surface area (TPSA) is 89.0 Å². The molecular formula is C21H22BrN5O2. The lowest BCUT2D eigenvalue weighted by Crippen LogP contribution is -2.32. The van der Waals surface area contributed by atoms with Crippen LogP contribution >= 0.6 is 15.9 Å². The third kappa shape index (κ3) is 6.25. The van der Waals surface area contributed by atoms with Gasteiger partial charge in [0, 0.05) is 22.3 Å². The summed E-state index contributed by atoms with van der Waals surface area (Å²) in [6.07, 6.45) is 0.997. The summed E-state index contributed by atoms with van der Waals surface area (Å²) in [5, 5.41) is 5.97. The van der Waals surface area contributed by atoms with Crippen molar-refractivity contribution in [3.05, 3.63) is 64.9 Å². The Hall–Kier alpha value is -3.00. The number of halogens is 1. The van der Waals surface area contributed by atoms with Gasteiger partial charge in [0.1, 0.15) is 11.9 Å². The number of aromatic nitrogens is 3. The van der Waals surface area contributed by atoms with Gasteiger partial charge in [-0.05, 0) is 44.5 Å². The molecule has 0 aliphatic heterocycles. The van der Waals surface area contributed by atoms with E-state index in [4.69, 9.17) is 4.74 Å². The second kappa shape index (κ2) is 9.00. The van der Waals surface area contributed by atoms with Crippen LogP contribution in [0.2, 0.25) is 0 Å². The molecule has 0 aliphatic rings. The number of nitrogens with one attached hydrogen (secondary N) is 2. The SMILES string of the molecule is CC(C)(C)OC(=O)NCc1ccccc1Nc1ncnc(-c2cccc(Br)c2)n1. The van der Waals surface area contributed by atoms with Gasteiger partial charge >= 0.3 is 6.09 Å². The fraction of sp³-hybridized carbons (Fsp3) is 0.238. The first-order valence-electron chi connectivity index (χ1n) is 9.07. The van der Waals surface area contributed by atoms with E-state index in [1.54, 1.807) is 0 Å². The van der Waals surface area contributed by atoms with Gasteiger partial charge in [0.15, 0.2) is 5.82 Å². The Labute approximate surface area is 178 Å². The monoisotopic (exact) mass is 455 g/mol. The first-order chi connectivity index (χ1) is 13.8. The molecule has 2 N–H and O–H groups in total. The number of para-hydroxylation sites is 1. The van der Waals surface area contributed by atoms with Gasteiger partial charge in [-0.3, -0.25) is 0 Å².